The van der Waals surface area contributed by atoms with Gasteiger partial charge >= 0.3 is 0 Å². The van der Waals surface area contributed by atoms with Gasteiger partial charge in [-0.1, -0.05) is 70.7 Å². The molecule has 0 amide bonds. The summed E-state index contributed by atoms with van der Waals surface area (Å²) < 4.78 is 6.05. The van der Waals surface area contributed by atoms with Crippen molar-refractivity contribution in [1.29, 1.82) is 0 Å². The van der Waals surface area contributed by atoms with Gasteiger partial charge in [-0.05, 0) is 29.4 Å². The van der Waals surface area contributed by atoms with Crippen LogP contribution in [0, 0.1) is 0 Å². The second kappa shape index (κ2) is 7.42. The zero-order valence-electron chi connectivity index (χ0n) is 13.9. The van der Waals surface area contributed by atoms with Crippen molar-refractivity contribution in [2.24, 2.45) is 5.73 Å². The third-order valence-corrected chi connectivity index (χ3v) is 4.52. The van der Waals surface area contributed by atoms with Crippen LogP contribution in [0.3, 0.4) is 0 Å². The SMILES string of the molecule is CC(C)(C)c1ccc(C(N)COC2CCCCCC2)cc1. The van der Waals surface area contributed by atoms with E-state index >= 15 is 0 Å². The van der Waals surface area contributed by atoms with E-state index in [-0.39, 0.29) is 11.5 Å². The molecule has 1 fully saturated rings. The van der Waals surface area contributed by atoms with Crippen LogP contribution >= 0.6 is 0 Å². The van der Waals surface area contributed by atoms with E-state index < -0.39 is 0 Å². The first-order valence-corrected chi connectivity index (χ1v) is 8.44. The summed E-state index contributed by atoms with van der Waals surface area (Å²) in [5.41, 5.74) is 9.01. The molecule has 2 N–H and O–H groups in total. The second-order valence-electron chi connectivity index (χ2n) is 7.43. The summed E-state index contributed by atoms with van der Waals surface area (Å²) in [7, 11) is 0. The summed E-state index contributed by atoms with van der Waals surface area (Å²) in [5, 5.41) is 0. The first-order chi connectivity index (χ1) is 9.97. The number of benzene rings is 1. The summed E-state index contributed by atoms with van der Waals surface area (Å²) in [5.74, 6) is 0. The standard InChI is InChI=1S/C19H31NO/c1-19(2,3)16-12-10-15(11-13-16)18(20)14-21-17-8-6-4-5-7-9-17/h10-13,17-18H,4-9,14,20H2,1-3H3. The minimum absolute atomic E-state index is 0.0118. The molecule has 1 aromatic carbocycles. The van der Waals surface area contributed by atoms with Gasteiger partial charge in [0.2, 0.25) is 0 Å². The molecule has 1 saturated carbocycles. The predicted octanol–water partition coefficient (Wildman–Crippen LogP) is 4.72. The third-order valence-electron chi connectivity index (χ3n) is 4.52. The Kier molecular flexibility index (Phi) is 5.83. The smallest absolute Gasteiger partial charge is 0.0663 e. The van der Waals surface area contributed by atoms with Crippen molar-refractivity contribution < 1.29 is 4.74 Å². The van der Waals surface area contributed by atoms with E-state index in [2.05, 4.69) is 45.0 Å². The van der Waals surface area contributed by atoms with Gasteiger partial charge in [0.05, 0.1) is 18.8 Å². The number of hydrogen-bond acceptors (Lipinski definition) is 2. The molecule has 2 rings (SSSR count). The Hall–Kier alpha value is -0.860. The van der Waals surface area contributed by atoms with Crippen molar-refractivity contribution in [1.82, 2.24) is 0 Å². The molecule has 0 aliphatic heterocycles. The van der Waals surface area contributed by atoms with Crippen molar-refractivity contribution in [3.8, 4) is 0 Å². The molecule has 1 aliphatic carbocycles. The van der Waals surface area contributed by atoms with Crippen LogP contribution in [0.25, 0.3) is 0 Å². The molecule has 0 bridgehead atoms. The molecule has 0 radical (unpaired) electrons. The summed E-state index contributed by atoms with van der Waals surface area (Å²) in [6.07, 6.45) is 8.17. The lowest BCUT2D eigenvalue weighted by Gasteiger charge is -2.21. The molecule has 1 atom stereocenters. The van der Waals surface area contributed by atoms with Crippen molar-refractivity contribution in [3.05, 3.63) is 35.4 Å². The Morgan fingerprint density at radius 1 is 1.05 bits per heavy atom. The molecule has 21 heavy (non-hydrogen) atoms. The number of nitrogens with two attached hydrogens (primary N) is 1. The van der Waals surface area contributed by atoms with Crippen molar-refractivity contribution in [2.45, 2.75) is 76.9 Å². The molecule has 1 aromatic rings. The Morgan fingerprint density at radius 3 is 2.14 bits per heavy atom. The third kappa shape index (κ3) is 5.12. The first kappa shape index (κ1) is 16.5. The quantitative estimate of drug-likeness (QED) is 0.814. The topological polar surface area (TPSA) is 35.2 Å². The maximum absolute atomic E-state index is 6.29. The van der Waals surface area contributed by atoms with E-state index in [0.29, 0.717) is 12.7 Å². The van der Waals surface area contributed by atoms with Crippen LogP contribution in [-0.4, -0.2) is 12.7 Å². The van der Waals surface area contributed by atoms with Gasteiger partial charge in [-0.25, -0.2) is 0 Å². The van der Waals surface area contributed by atoms with Crippen molar-refractivity contribution >= 4 is 0 Å². The van der Waals surface area contributed by atoms with Crippen LogP contribution in [0.4, 0.5) is 0 Å². The van der Waals surface area contributed by atoms with E-state index in [1.807, 2.05) is 0 Å². The molecule has 0 heterocycles. The maximum atomic E-state index is 6.29. The van der Waals surface area contributed by atoms with E-state index in [0.717, 1.165) is 0 Å². The molecule has 2 heteroatoms. The average Bonchev–Trinajstić information content (AvgIpc) is 2.72. The van der Waals surface area contributed by atoms with Crippen LogP contribution in [-0.2, 0) is 10.2 Å². The van der Waals surface area contributed by atoms with Gasteiger partial charge in [-0.15, -0.1) is 0 Å². The Bertz CT molecular complexity index is 410. The molecule has 1 aliphatic rings. The first-order valence-electron chi connectivity index (χ1n) is 8.44. The average molecular weight is 289 g/mol. The van der Waals surface area contributed by atoms with Gasteiger partial charge in [0.1, 0.15) is 0 Å². The van der Waals surface area contributed by atoms with Gasteiger partial charge in [0, 0.05) is 0 Å². The summed E-state index contributed by atoms with van der Waals surface area (Å²) in [6.45, 7) is 7.34. The van der Waals surface area contributed by atoms with Gasteiger partial charge < -0.3 is 10.5 Å². The molecule has 0 spiro atoms. The van der Waals surface area contributed by atoms with Crippen LogP contribution < -0.4 is 5.73 Å². The Morgan fingerprint density at radius 2 is 1.62 bits per heavy atom. The zero-order valence-corrected chi connectivity index (χ0v) is 13.9. The lowest BCUT2D eigenvalue weighted by Crippen LogP contribution is -2.22. The fourth-order valence-electron chi connectivity index (χ4n) is 2.97. The van der Waals surface area contributed by atoms with Crippen molar-refractivity contribution in [2.75, 3.05) is 6.61 Å². The summed E-state index contributed by atoms with van der Waals surface area (Å²) in [6, 6.07) is 8.69. The van der Waals surface area contributed by atoms with Crippen LogP contribution in [0.15, 0.2) is 24.3 Å². The summed E-state index contributed by atoms with van der Waals surface area (Å²) >= 11 is 0. The van der Waals surface area contributed by atoms with Gasteiger partial charge in [0.25, 0.3) is 0 Å². The van der Waals surface area contributed by atoms with Crippen LogP contribution in [0.1, 0.15) is 76.5 Å². The normalized spacial score (nSPS) is 19.2. The molecule has 118 valence electrons. The molecular weight excluding hydrogens is 258 g/mol. The second-order valence-corrected chi connectivity index (χ2v) is 7.43. The Labute approximate surface area is 130 Å². The number of hydrogen-bond donors (Lipinski definition) is 1. The lowest BCUT2D eigenvalue weighted by atomic mass is 9.86. The van der Waals surface area contributed by atoms with E-state index in [9.17, 15) is 0 Å². The van der Waals surface area contributed by atoms with E-state index in [1.165, 1.54) is 49.7 Å². The lowest BCUT2D eigenvalue weighted by molar-refractivity contribution is 0.0345. The number of ether oxygens (including phenoxy) is 1. The fraction of sp³-hybridized carbons (Fsp3) is 0.684. The zero-order chi connectivity index (χ0) is 15.3. The highest BCUT2D eigenvalue weighted by Crippen LogP contribution is 2.24. The predicted molar refractivity (Wildman–Crippen MR) is 89.5 cm³/mol. The highest BCUT2D eigenvalue weighted by atomic mass is 16.5. The number of rotatable bonds is 4. The highest BCUT2D eigenvalue weighted by molar-refractivity contribution is 5.29. The molecule has 1 unspecified atom stereocenters. The monoisotopic (exact) mass is 289 g/mol. The minimum atomic E-state index is -0.0118. The molecule has 0 saturated heterocycles. The Balaban J connectivity index is 1.86. The minimum Gasteiger partial charge on any atom is -0.376 e. The summed E-state index contributed by atoms with van der Waals surface area (Å²) in [4.78, 5) is 0. The van der Waals surface area contributed by atoms with Crippen LogP contribution in [0.2, 0.25) is 0 Å². The van der Waals surface area contributed by atoms with Gasteiger partial charge in [-0.3, -0.25) is 0 Å². The fourth-order valence-corrected chi connectivity index (χ4v) is 2.97. The van der Waals surface area contributed by atoms with Crippen LogP contribution in [0.5, 0.6) is 0 Å². The van der Waals surface area contributed by atoms with E-state index in [4.69, 9.17) is 10.5 Å². The van der Waals surface area contributed by atoms with Gasteiger partial charge in [0.15, 0.2) is 0 Å². The molecule has 2 nitrogen and oxygen atoms in total. The van der Waals surface area contributed by atoms with Crippen molar-refractivity contribution in [3.63, 3.8) is 0 Å². The highest BCUT2D eigenvalue weighted by Gasteiger charge is 2.16. The maximum Gasteiger partial charge on any atom is 0.0663 e. The molecular formula is C19H31NO. The van der Waals surface area contributed by atoms with Gasteiger partial charge in [-0.2, -0.15) is 0 Å². The largest absolute Gasteiger partial charge is 0.376 e. The molecule has 0 aromatic heterocycles. The van der Waals surface area contributed by atoms with E-state index in [1.54, 1.807) is 0 Å².